The van der Waals surface area contributed by atoms with Gasteiger partial charge in [-0.3, -0.25) is 9.80 Å². The molecule has 2 aliphatic heterocycles. The van der Waals surface area contributed by atoms with Crippen molar-refractivity contribution < 1.29 is 37.3 Å². The van der Waals surface area contributed by atoms with Crippen LogP contribution in [-0.4, -0.2) is 121 Å². The molecule has 0 radical (unpaired) electrons. The van der Waals surface area contributed by atoms with Crippen molar-refractivity contribution in [1.29, 1.82) is 0 Å². The number of hydrogen-bond donors (Lipinski definition) is 4. The van der Waals surface area contributed by atoms with Crippen molar-refractivity contribution in [2.45, 2.75) is 69.9 Å². The van der Waals surface area contributed by atoms with Crippen LogP contribution in [0.15, 0.2) is 12.1 Å². The van der Waals surface area contributed by atoms with Crippen LogP contribution < -0.4 is 0 Å². The van der Waals surface area contributed by atoms with E-state index in [-0.39, 0.29) is 23.0 Å². The van der Waals surface area contributed by atoms with Gasteiger partial charge in [-0.15, -0.1) is 0 Å². The molecule has 1 spiro atoms. The molecule has 6 rings (SSSR count). The van der Waals surface area contributed by atoms with Crippen LogP contribution >= 0.6 is 0 Å². The van der Waals surface area contributed by atoms with E-state index in [2.05, 4.69) is 37.5 Å². The second-order valence-corrected chi connectivity index (χ2v) is 19.3. The molecule has 260 valence electrons. The van der Waals surface area contributed by atoms with Gasteiger partial charge in [0.25, 0.3) is 0 Å². The highest BCUT2D eigenvalue weighted by molar-refractivity contribution is 7.88. The van der Waals surface area contributed by atoms with Gasteiger partial charge in [-0.05, 0) is 58.1 Å². The van der Waals surface area contributed by atoms with Crippen molar-refractivity contribution in [3.8, 4) is 23.0 Å². The summed E-state index contributed by atoms with van der Waals surface area (Å²) in [5, 5.41) is 45.2. The fourth-order valence-electron chi connectivity index (χ4n) is 9.02. The lowest BCUT2D eigenvalue weighted by atomic mass is 9.70. The lowest BCUT2D eigenvalue weighted by molar-refractivity contribution is 0.178. The molecule has 0 aromatic heterocycles. The van der Waals surface area contributed by atoms with Crippen molar-refractivity contribution in [3.63, 3.8) is 0 Å². The largest absolute Gasteiger partial charge is 0.504 e. The Hall–Kier alpha value is -2.62. The topological polar surface area (TPSA) is 162 Å². The monoisotopic (exact) mass is 692 g/mol. The number of phenols is 4. The third-order valence-corrected chi connectivity index (χ3v) is 13.6. The van der Waals surface area contributed by atoms with Crippen LogP contribution in [0, 0.1) is 0 Å². The lowest BCUT2D eigenvalue weighted by Gasteiger charge is -2.37. The molecule has 2 aliphatic carbocycles. The van der Waals surface area contributed by atoms with E-state index in [0.29, 0.717) is 89.4 Å². The summed E-state index contributed by atoms with van der Waals surface area (Å²) in [6.45, 7) is 12.3. The van der Waals surface area contributed by atoms with Crippen LogP contribution in [0.3, 0.4) is 0 Å². The molecule has 2 heterocycles. The zero-order valence-corrected chi connectivity index (χ0v) is 29.8. The smallest absolute Gasteiger partial charge is 0.211 e. The molecule has 0 saturated carbocycles. The van der Waals surface area contributed by atoms with Gasteiger partial charge in [0.2, 0.25) is 20.0 Å². The first-order valence-corrected chi connectivity index (χ1v) is 19.9. The molecule has 0 unspecified atom stereocenters. The van der Waals surface area contributed by atoms with Gasteiger partial charge in [-0.25, -0.2) is 16.8 Å². The molecular formula is C33H48N4O8S2. The first-order chi connectivity index (χ1) is 21.7. The van der Waals surface area contributed by atoms with E-state index in [1.807, 2.05) is 0 Å². The van der Waals surface area contributed by atoms with Gasteiger partial charge >= 0.3 is 0 Å². The molecule has 47 heavy (non-hydrogen) atoms. The summed E-state index contributed by atoms with van der Waals surface area (Å²) in [4.78, 5) is 4.21. The number of benzene rings is 2. The maximum Gasteiger partial charge on any atom is 0.211 e. The zero-order chi connectivity index (χ0) is 34.5. The maximum atomic E-state index is 12.2. The fraction of sp³-hybridized carbons (Fsp3) is 0.636. The minimum atomic E-state index is -3.33. The lowest BCUT2D eigenvalue weighted by Crippen LogP contribution is -2.48. The summed E-state index contributed by atoms with van der Waals surface area (Å²) in [5.74, 6) is -0.791. The molecular weight excluding hydrogens is 645 g/mol. The number of aromatic hydroxyl groups is 4. The van der Waals surface area contributed by atoms with Gasteiger partial charge in [0.15, 0.2) is 23.0 Å². The fourth-order valence-corrected chi connectivity index (χ4v) is 10.7. The third kappa shape index (κ3) is 5.78. The van der Waals surface area contributed by atoms with Crippen molar-refractivity contribution >= 4 is 20.0 Å². The first kappa shape index (κ1) is 34.3. The van der Waals surface area contributed by atoms with Gasteiger partial charge in [0.05, 0.1) is 12.5 Å². The van der Waals surface area contributed by atoms with Crippen molar-refractivity contribution in [2.75, 3.05) is 64.9 Å². The number of rotatable bonds is 6. The average Bonchev–Trinajstić information content (AvgIpc) is 3.31. The Morgan fingerprint density at radius 3 is 1.21 bits per heavy atom. The number of fused-ring (bicyclic) bond motifs is 4. The Morgan fingerprint density at radius 1 is 0.596 bits per heavy atom. The zero-order valence-electron chi connectivity index (χ0n) is 28.2. The number of nitrogens with zero attached hydrogens (tertiary/aromatic N) is 4. The molecule has 12 nitrogen and oxygen atoms in total. The van der Waals surface area contributed by atoms with Crippen LogP contribution in [0.5, 0.6) is 23.0 Å². The molecule has 0 bridgehead atoms. The summed E-state index contributed by atoms with van der Waals surface area (Å²) in [7, 11) is -6.65. The number of sulfonamides is 2. The summed E-state index contributed by atoms with van der Waals surface area (Å²) in [5.41, 5.74) is 3.35. The summed E-state index contributed by atoms with van der Waals surface area (Å²) in [6.07, 6.45) is 3.70. The maximum absolute atomic E-state index is 12.2. The van der Waals surface area contributed by atoms with Crippen molar-refractivity contribution in [3.05, 3.63) is 45.5 Å². The molecule has 2 aromatic carbocycles. The van der Waals surface area contributed by atoms with E-state index >= 15 is 0 Å². The third-order valence-electron chi connectivity index (χ3n) is 11.0. The van der Waals surface area contributed by atoms with E-state index in [4.69, 9.17) is 0 Å². The van der Waals surface area contributed by atoms with E-state index < -0.39 is 36.3 Å². The number of piperazine rings is 2. The molecule has 0 amide bonds. The SMILES string of the molecule is CC1(C)CC2(CC(C)(C)c3cc(O)c(O)c(CN4CCN(S(C)(=O)=O)CC4)c32)c2c1cc(O)c(O)c2CN1CCN(S(C)(=O)=O)CC1. The highest BCUT2D eigenvalue weighted by atomic mass is 32.2. The summed E-state index contributed by atoms with van der Waals surface area (Å²) >= 11 is 0. The van der Waals surface area contributed by atoms with E-state index in [1.54, 1.807) is 12.1 Å². The Morgan fingerprint density at radius 2 is 0.915 bits per heavy atom. The van der Waals surface area contributed by atoms with Crippen LogP contribution in [0.1, 0.15) is 73.9 Å². The molecule has 2 saturated heterocycles. The van der Waals surface area contributed by atoms with Gasteiger partial charge < -0.3 is 20.4 Å². The molecule has 14 heteroatoms. The predicted octanol–water partition coefficient (Wildman–Crippen LogP) is 2.31. The molecule has 2 aromatic rings. The van der Waals surface area contributed by atoms with Gasteiger partial charge in [-0.2, -0.15) is 8.61 Å². The van der Waals surface area contributed by atoms with Crippen LogP contribution in [-0.2, 0) is 49.4 Å². The van der Waals surface area contributed by atoms with Crippen LogP contribution in [0.4, 0.5) is 0 Å². The van der Waals surface area contributed by atoms with Crippen molar-refractivity contribution in [2.24, 2.45) is 0 Å². The average molecular weight is 693 g/mol. The first-order valence-electron chi connectivity index (χ1n) is 16.2. The molecule has 2 fully saturated rings. The minimum absolute atomic E-state index is 0.195. The van der Waals surface area contributed by atoms with Crippen LogP contribution in [0.2, 0.25) is 0 Å². The second kappa shape index (κ2) is 11.2. The normalized spacial score (nSPS) is 23.3. The van der Waals surface area contributed by atoms with Gasteiger partial charge in [0.1, 0.15) is 0 Å². The predicted molar refractivity (Wildman–Crippen MR) is 179 cm³/mol. The Kier molecular flexibility index (Phi) is 8.17. The highest BCUT2D eigenvalue weighted by Gasteiger charge is 2.59. The Labute approximate surface area is 278 Å². The highest BCUT2D eigenvalue weighted by Crippen LogP contribution is 2.67. The molecule has 4 aliphatic rings. The standard InChI is InChI=1S/C33H48N4O8S2/c1-31(2)19-33(27-21(29(40)25(38)15-23(27)31)17-34-7-11-36(12-8-34)46(5,42)43)20-32(3,4)24-16-26(39)30(41)22(28(24)33)18-35-9-13-37(14-10-35)47(6,44)45/h15-16,38-41H,7-14,17-20H2,1-6H3. The minimum Gasteiger partial charge on any atom is -0.504 e. The summed E-state index contributed by atoms with van der Waals surface area (Å²) in [6, 6.07) is 3.33. The van der Waals surface area contributed by atoms with E-state index in [0.717, 1.165) is 22.3 Å². The Balaban J connectivity index is 1.48. The Bertz CT molecular complexity index is 1690. The van der Waals surface area contributed by atoms with E-state index in [9.17, 15) is 37.3 Å². The van der Waals surface area contributed by atoms with Crippen molar-refractivity contribution in [1.82, 2.24) is 18.4 Å². The quantitative estimate of drug-likeness (QED) is 0.331. The number of phenolic OH excluding ortho intramolecular Hbond substituents is 4. The second-order valence-electron chi connectivity index (χ2n) is 15.4. The van der Waals surface area contributed by atoms with Gasteiger partial charge in [-0.1, -0.05) is 27.7 Å². The van der Waals surface area contributed by atoms with Crippen LogP contribution in [0.25, 0.3) is 0 Å². The van der Waals surface area contributed by atoms with Gasteiger partial charge in [0, 0.05) is 82.0 Å². The summed E-state index contributed by atoms with van der Waals surface area (Å²) < 4.78 is 51.6. The van der Waals surface area contributed by atoms with E-state index in [1.165, 1.54) is 21.1 Å². The number of hydrogen-bond acceptors (Lipinski definition) is 10. The molecule has 0 atom stereocenters. The molecule has 4 N–H and O–H groups in total.